The number of nitrogens with zero attached hydrogens (tertiary/aromatic N) is 1. The van der Waals surface area contributed by atoms with Crippen LogP contribution in [0.5, 0.6) is 0 Å². The maximum Gasteiger partial charge on any atom is 0.240 e. The van der Waals surface area contributed by atoms with Gasteiger partial charge in [-0.2, -0.15) is 0 Å². The zero-order valence-corrected chi connectivity index (χ0v) is 13.5. The van der Waals surface area contributed by atoms with Crippen LogP contribution < -0.4 is 9.62 Å². The number of anilines is 1. The number of para-hydroxylation sites is 1. The lowest BCUT2D eigenvalue weighted by Crippen LogP contribution is -2.40. The molecular formula is C17H19FN2O2S. The fourth-order valence-electron chi connectivity index (χ4n) is 2.91. The second-order valence-corrected chi connectivity index (χ2v) is 7.40. The van der Waals surface area contributed by atoms with Crippen LogP contribution in [0.4, 0.5) is 10.1 Å². The Hall–Kier alpha value is -1.92. The van der Waals surface area contributed by atoms with E-state index in [0.29, 0.717) is 6.54 Å². The molecule has 2 aromatic carbocycles. The zero-order valence-electron chi connectivity index (χ0n) is 12.7. The van der Waals surface area contributed by atoms with E-state index < -0.39 is 15.8 Å². The molecule has 0 aliphatic carbocycles. The summed E-state index contributed by atoms with van der Waals surface area (Å²) >= 11 is 0. The summed E-state index contributed by atoms with van der Waals surface area (Å²) in [6, 6.07) is 15.0. The van der Waals surface area contributed by atoms with Gasteiger partial charge in [-0.1, -0.05) is 18.2 Å². The van der Waals surface area contributed by atoms with E-state index >= 15 is 0 Å². The Kier molecular flexibility index (Phi) is 4.63. The summed E-state index contributed by atoms with van der Waals surface area (Å²) in [5.41, 5.74) is 1.11. The predicted octanol–water partition coefficient (Wildman–Crippen LogP) is 2.77. The maximum atomic E-state index is 12.9. The van der Waals surface area contributed by atoms with Crippen molar-refractivity contribution in [3.63, 3.8) is 0 Å². The van der Waals surface area contributed by atoms with Crippen LogP contribution in [0.15, 0.2) is 59.5 Å². The van der Waals surface area contributed by atoms with Gasteiger partial charge in [-0.3, -0.25) is 0 Å². The molecule has 3 rings (SSSR count). The second-order valence-electron chi connectivity index (χ2n) is 5.63. The Bertz CT molecular complexity index is 748. The van der Waals surface area contributed by atoms with Gasteiger partial charge in [-0.05, 0) is 49.2 Å². The molecule has 1 unspecified atom stereocenters. The Balaban J connectivity index is 1.68. The van der Waals surface area contributed by atoms with Crippen molar-refractivity contribution in [2.24, 2.45) is 0 Å². The molecule has 1 aliphatic heterocycles. The highest BCUT2D eigenvalue weighted by Crippen LogP contribution is 2.25. The first-order chi connectivity index (χ1) is 11.1. The first-order valence-electron chi connectivity index (χ1n) is 7.63. The molecule has 1 fully saturated rings. The highest BCUT2D eigenvalue weighted by molar-refractivity contribution is 7.89. The first-order valence-corrected chi connectivity index (χ1v) is 9.11. The van der Waals surface area contributed by atoms with Gasteiger partial charge >= 0.3 is 0 Å². The first kappa shape index (κ1) is 16.0. The summed E-state index contributed by atoms with van der Waals surface area (Å²) in [6.45, 7) is 1.27. The molecule has 1 heterocycles. The number of hydrogen-bond donors (Lipinski definition) is 1. The molecule has 0 saturated carbocycles. The highest BCUT2D eigenvalue weighted by Gasteiger charge is 2.26. The van der Waals surface area contributed by atoms with Gasteiger partial charge < -0.3 is 4.90 Å². The number of hydrogen-bond acceptors (Lipinski definition) is 3. The molecule has 1 atom stereocenters. The molecule has 1 N–H and O–H groups in total. The number of nitrogens with one attached hydrogen (secondary N) is 1. The minimum atomic E-state index is -3.61. The van der Waals surface area contributed by atoms with E-state index in [-0.39, 0.29) is 10.9 Å². The minimum Gasteiger partial charge on any atom is -0.367 e. The van der Waals surface area contributed by atoms with Crippen molar-refractivity contribution in [2.45, 2.75) is 23.8 Å². The molecule has 122 valence electrons. The molecule has 4 nitrogen and oxygen atoms in total. The number of benzene rings is 2. The van der Waals surface area contributed by atoms with Crippen molar-refractivity contribution in [3.05, 3.63) is 60.4 Å². The third-order valence-electron chi connectivity index (χ3n) is 4.10. The molecule has 2 aromatic rings. The summed E-state index contributed by atoms with van der Waals surface area (Å²) in [7, 11) is -3.61. The van der Waals surface area contributed by atoms with Crippen LogP contribution in [0.1, 0.15) is 12.8 Å². The Labute approximate surface area is 136 Å². The summed E-state index contributed by atoms with van der Waals surface area (Å²) in [5.74, 6) is -0.449. The summed E-state index contributed by atoms with van der Waals surface area (Å²) in [5, 5.41) is 0. The van der Waals surface area contributed by atoms with E-state index in [9.17, 15) is 12.8 Å². The minimum absolute atomic E-state index is 0.0863. The average molecular weight is 334 g/mol. The van der Waals surface area contributed by atoms with E-state index in [1.807, 2.05) is 30.3 Å². The van der Waals surface area contributed by atoms with Gasteiger partial charge in [0.1, 0.15) is 5.82 Å². The quantitative estimate of drug-likeness (QED) is 0.915. The number of sulfonamides is 1. The van der Waals surface area contributed by atoms with Crippen LogP contribution in [0.2, 0.25) is 0 Å². The van der Waals surface area contributed by atoms with E-state index in [1.54, 1.807) is 0 Å². The van der Waals surface area contributed by atoms with Crippen LogP contribution >= 0.6 is 0 Å². The molecule has 0 radical (unpaired) electrons. The monoisotopic (exact) mass is 334 g/mol. The number of rotatable bonds is 5. The lowest BCUT2D eigenvalue weighted by atomic mass is 10.2. The van der Waals surface area contributed by atoms with Gasteiger partial charge in [-0.15, -0.1) is 0 Å². The van der Waals surface area contributed by atoms with Crippen LogP contribution in [-0.2, 0) is 10.0 Å². The Morgan fingerprint density at radius 2 is 1.78 bits per heavy atom. The van der Waals surface area contributed by atoms with Gasteiger partial charge in [0.2, 0.25) is 10.0 Å². The molecular weight excluding hydrogens is 315 g/mol. The summed E-state index contributed by atoms with van der Waals surface area (Å²) in [4.78, 5) is 2.32. The molecule has 1 saturated heterocycles. The lowest BCUT2D eigenvalue weighted by molar-refractivity contribution is 0.566. The fourth-order valence-corrected chi connectivity index (χ4v) is 3.98. The van der Waals surface area contributed by atoms with Crippen LogP contribution in [0.3, 0.4) is 0 Å². The molecule has 0 amide bonds. The third-order valence-corrected chi connectivity index (χ3v) is 5.54. The van der Waals surface area contributed by atoms with Gasteiger partial charge in [0.25, 0.3) is 0 Å². The Morgan fingerprint density at radius 3 is 2.48 bits per heavy atom. The average Bonchev–Trinajstić information content (AvgIpc) is 3.03. The van der Waals surface area contributed by atoms with Crippen LogP contribution in [0.25, 0.3) is 0 Å². The van der Waals surface area contributed by atoms with Crippen molar-refractivity contribution < 1.29 is 12.8 Å². The molecule has 1 aliphatic rings. The fraction of sp³-hybridized carbons (Fsp3) is 0.294. The lowest BCUT2D eigenvalue weighted by Gasteiger charge is -2.27. The summed E-state index contributed by atoms with van der Waals surface area (Å²) < 4.78 is 40.2. The second kappa shape index (κ2) is 6.68. The van der Waals surface area contributed by atoms with E-state index in [0.717, 1.165) is 37.2 Å². The standard InChI is InChI=1S/C17H19FN2O2S/c18-14-8-10-17(11-9-14)23(21,22)19-13-16-7-4-12-20(16)15-5-2-1-3-6-15/h1-3,5-6,8-11,16,19H,4,7,12-13H2. The van der Waals surface area contributed by atoms with Crippen LogP contribution in [0, 0.1) is 5.82 Å². The molecule has 23 heavy (non-hydrogen) atoms. The zero-order chi connectivity index (χ0) is 16.3. The van der Waals surface area contributed by atoms with E-state index in [1.165, 1.54) is 12.1 Å². The molecule has 6 heteroatoms. The van der Waals surface area contributed by atoms with Crippen molar-refractivity contribution in [2.75, 3.05) is 18.0 Å². The molecule has 0 spiro atoms. The van der Waals surface area contributed by atoms with Crippen molar-refractivity contribution in [1.82, 2.24) is 4.72 Å². The van der Waals surface area contributed by atoms with E-state index in [4.69, 9.17) is 0 Å². The van der Waals surface area contributed by atoms with Gasteiger partial charge in [0, 0.05) is 24.8 Å². The van der Waals surface area contributed by atoms with Crippen molar-refractivity contribution in [3.8, 4) is 0 Å². The Morgan fingerprint density at radius 1 is 1.09 bits per heavy atom. The van der Waals surface area contributed by atoms with Gasteiger partial charge in [0.05, 0.1) is 4.90 Å². The SMILES string of the molecule is O=S(=O)(NCC1CCCN1c1ccccc1)c1ccc(F)cc1. The topological polar surface area (TPSA) is 49.4 Å². The molecule has 0 bridgehead atoms. The maximum absolute atomic E-state index is 12.9. The smallest absolute Gasteiger partial charge is 0.240 e. The van der Waals surface area contributed by atoms with Crippen molar-refractivity contribution in [1.29, 1.82) is 0 Å². The number of halogens is 1. The van der Waals surface area contributed by atoms with Crippen molar-refractivity contribution >= 4 is 15.7 Å². The third kappa shape index (κ3) is 3.71. The van der Waals surface area contributed by atoms with Gasteiger partial charge in [-0.25, -0.2) is 17.5 Å². The van der Waals surface area contributed by atoms with Crippen LogP contribution in [-0.4, -0.2) is 27.5 Å². The normalized spacial score (nSPS) is 18.3. The summed E-state index contributed by atoms with van der Waals surface area (Å²) in [6.07, 6.45) is 1.98. The highest BCUT2D eigenvalue weighted by atomic mass is 32.2. The van der Waals surface area contributed by atoms with E-state index in [2.05, 4.69) is 9.62 Å². The van der Waals surface area contributed by atoms with Gasteiger partial charge in [0.15, 0.2) is 0 Å². The predicted molar refractivity (Wildman–Crippen MR) is 88.4 cm³/mol. The molecule has 0 aromatic heterocycles. The largest absolute Gasteiger partial charge is 0.367 e.